The van der Waals surface area contributed by atoms with Gasteiger partial charge in [-0.3, -0.25) is 4.79 Å². The van der Waals surface area contributed by atoms with Crippen molar-refractivity contribution >= 4 is 61.7 Å². The lowest BCUT2D eigenvalue weighted by molar-refractivity contribution is 0.102. The lowest BCUT2D eigenvalue weighted by Crippen LogP contribution is -2.11. The fourth-order valence-electron chi connectivity index (χ4n) is 1.38. The minimum atomic E-state index is -0.148. The molecule has 0 saturated carbocycles. The number of nitrogens with one attached hydrogen (secondary N) is 1. The van der Waals surface area contributed by atoms with Crippen LogP contribution < -0.4 is 5.32 Å². The molecule has 0 saturated heterocycles. The third kappa shape index (κ3) is 3.46. The summed E-state index contributed by atoms with van der Waals surface area (Å²) in [5.41, 5.74) is 1.29. The molecule has 0 atom stereocenters. The van der Waals surface area contributed by atoms with E-state index in [0.717, 1.165) is 8.04 Å². The third-order valence-electron chi connectivity index (χ3n) is 2.28. The zero-order chi connectivity index (χ0) is 13.1. The first-order valence-corrected chi connectivity index (χ1v) is 7.33. The fraction of sp³-hybridized carbons (Fsp3) is 0. The van der Waals surface area contributed by atoms with Crippen LogP contribution in [0.5, 0.6) is 0 Å². The number of carbonyl (C=O) groups excluding carboxylic acids is 1. The molecule has 18 heavy (non-hydrogen) atoms. The molecule has 1 amide bonds. The molecule has 0 radical (unpaired) electrons. The Morgan fingerprint density at radius 1 is 1.17 bits per heavy atom. The highest BCUT2D eigenvalue weighted by molar-refractivity contribution is 14.1. The number of halogens is 3. The van der Waals surface area contributed by atoms with Crippen LogP contribution in [0.25, 0.3) is 0 Å². The summed E-state index contributed by atoms with van der Waals surface area (Å²) in [6.07, 6.45) is 0. The summed E-state index contributed by atoms with van der Waals surface area (Å²) >= 11 is 11.5. The second kappa shape index (κ2) is 6.04. The molecule has 1 N–H and O–H groups in total. The van der Waals surface area contributed by atoms with Crippen LogP contribution in [-0.2, 0) is 0 Å². The molecule has 0 unspecified atom stereocenters. The van der Waals surface area contributed by atoms with E-state index >= 15 is 0 Å². The van der Waals surface area contributed by atoms with E-state index in [9.17, 15) is 4.79 Å². The molecule has 0 aliphatic carbocycles. The molecule has 0 heterocycles. The highest BCUT2D eigenvalue weighted by atomic mass is 127. The largest absolute Gasteiger partial charge is 0.322 e. The third-order valence-corrected chi connectivity index (χ3v) is 4.24. The van der Waals surface area contributed by atoms with Crippen molar-refractivity contribution in [3.63, 3.8) is 0 Å². The van der Waals surface area contributed by atoms with Crippen LogP contribution in [0.4, 0.5) is 5.69 Å². The summed E-state index contributed by atoms with van der Waals surface area (Å²) in [6, 6.07) is 12.7. The van der Waals surface area contributed by atoms with Crippen molar-refractivity contribution in [3.8, 4) is 0 Å². The normalized spacial score (nSPS) is 10.2. The van der Waals surface area contributed by atoms with Gasteiger partial charge in [-0.1, -0.05) is 11.6 Å². The quantitative estimate of drug-likeness (QED) is 0.663. The average molecular weight is 436 g/mol. The van der Waals surface area contributed by atoms with Crippen LogP contribution in [0.1, 0.15) is 10.4 Å². The van der Waals surface area contributed by atoms with Crippen LogP contribution in [-0.4, -0.2) is 5.91 Å². The number of anilines is 1. The first-order valence-electron chi connectivity index (χ1n) is 5.08. The van der Waals surface area contributed by atoms with Gasteiger partial charge in [0.25, 0.3) is 5.91 Å². The van der Waals surface area contributed by atoms with E-state index < -0.39 is 0 Å². The zero-order valence-corrected chi connectivity index (χ0v) is 13.6. The van der Waals surface area contributed by atoms with Crippen LogP contribution >= 0.6 is 50.1 Å². The van der Waals surface area contributed by atoms with Crippen molar-refractivity contribution < 1.29 is 4.79 Å². The first kappa shape index (κ1) is 13.8. The Labute approximate surface area is 132 Å². The Bertz CT molecular complexity index is 586. The minimum Gasteiger partial charge on any atom is -0.322 e. The molecule has 2 nitrogen and oxygen atoms in total. The molecule has 2 rings (SSSR count). The topological polar surface area (TPSA) is 29.1 Å². The summed E-state index contributed by atoms with van der Waals surface area (Å²) in [4.78, 5) is 12.0. The van der Waals surface area contributed by atoms with Gasteiger partial charge in [-0.25, -0.2) is 0 Å². The summed E-state index contributed by atoms with van der Waals surface area (Å²) in [6.45, 7) is 0. The molecular formula is C13H8BrClINO. The number of hydrogen-bond acceptors (Lipinski definition) is 1. The lowest BCUT2D eigenvalue weighted by atomic mass is 10.2. The Balaban J connectivity index is 2.16. The number of amides is 1. The molecule has 2 aromatic carbocycles. The Kier molecular flexibility index (Phi) is 4.64. The van der Waals surface area contributed by atoms with Gasteiger partial charge in [0.1, 0.15) is 0 Å². The number of carbonyl (C=O) groups is 1. The Hall–Kier alpha value is -0.590. The van der Waals surface area contributed by atoms with Crippen molar-refractivity contribution in [2.24, 2.45) is 0 Å². The first-order chi connectivity index (χ1) is 8.56. The van der Waals surface area contributed by atoms with Gasteiger partial charge in [0, 0.05) is 19.3 Å². The summed E-state index contributed by atoms with van der Waals surface area (Å²) in [5.74, 6) is -0.148. The minimum absolute atomic E-state index is 0.148. The predicted molar refractivity (Wildman–Crippen MR) is 86.3 cm³/mol. The summed E-state index contributed by atoms with van der Waals surface area (Å²) in [5, 5.41) is 3.36. The molecule has 92 valence electrons. The number of rotatable bonds is 2. The van der Waals surface area contributed by atoms with Gasteiger partial charge in [0.15, 0.2) is 0 Å². The average Bonchev–Trinajstić information content (AvgIpc) is 2.34. The monoisotopic (exact) mass is 435 g/mol. The second-order valence-corrected chi connectivity index (χ2v) is 6.10. The van der Waals surface area contributed by atoms with Crippen LogP contribution in [0.2, 0.25) is 5.02 Å². The highest BCUT2D eigenvalue weighted by Gasteiger charge is 2.06. The van der Waals surface area contributed by atoms with Crippen molar-refractivity contribution in [2.45, 2.75) is 0 Å². The Morgan fingerprint density at radius 2 is 1.83 bits per heavy atom. The molecule has 2 aromatic rings. The van der Waals surface area contributed by atoms with E-state index in [-0.39, 0.29) is 5.91 Å². The Morgan fingerprint density at radius 3 is 2.44 bits per heavy atom. The predicted octanol–water partition coefficient (Wildman–Crippen LogP) is 4.96. The molecule has 0 aliphatic heterocycles. The number of hydrogen-bond donors (Lipinski definition) is 1. The maximum absolute atomic E-state index is 12.0. The summed E-state index contributed by atoms with van der Waals surface area (Å²) < 4.78 is 1.90. The van der Waals surface area contributed by atoms with E-state index in [2.05, 4.69) is 43.8 Å². The molecular weight excluding hydrogens is 428 g/mol. The molecule has 0 fully saturated rings. The van der Waals surface area contributed by atoms with Gasteiger partial charge in [0.2, 0.25) is 0 Å². The standard InChI is InChI=1S/C13H8BrClINO/c14-11-6-5-10(7-12(11)15)17-13(18)8-1-3-9(16)4-2-8/h1-7H,(H,17,18). The summed E-state index contributed by atoms with van der Waals surface area (Å²) in [7, 11) is 0. The second-order valence-electron chi connectivity index (χ2n) is 3.59. The van der Waals surface area contributed by atoms with E-state index in [1.165, 1.54) is 0 Å². The molecule has 0 aliphatic rings. The van der Waals surface area contributed by atoms with Gasteiger partial charge in [-0.15, -0.1) is 0 Å². The smallest absolute Gasteiger partial charge is 0.255 e. The molecule has 5 heteroatoms. The fourth-order valence-corrected chi connectivity index (χ4v) is 2.17. The van der Waals surface area contributed by atoms with Crippen LogP contribution in [0.15, 0.2) is 46.9 Å². The van der Waals surface area contributed by atoms with E-state index in [1.54, 1.807) is 30.3 Å². The zero-order valence-electron chi connectivity index (χ0n) is 9.08. The van der Waals surface area contributed by atoms with Crippen molar-refractivity contribution in [1.82, 2.24) is 0 Å². The highest BCUT2D eigenvalue weighted by Crippen LogP contribution is 2.25. The molecule has 0 spiro atoms. The maximum atomic E-state index is 12.0. The van der Waals surface area contributed by atoms with Crippen molar-refractivity contribution in [1.29, 1.82) is 0 Å². The van der Waals surface area contributed by atoms with E-state index in [4.69, 9.17) is 11.6 Å². The van der Waals surface area contributed by atoms with Crippen LogP contribution in [0.3, 0.4) is 0 Å². The van der Waals surface area contributed by atoms with Crippen LogP contribution in [0, 0.1) is 3.57 Å². The van der Waals surface area contributed by atoms with E-state index in [0.29, 0.717) is 16.3 Å². The maximum Gasteiger partial charge on any atom is 0.255 e. The molecule has 0 bridgehead atoms. The van der Waals surface area contributed by atoms with Crippen molar-refractivity contribution in [3.05, 3.63) is 61.1 Å². The van der Waals surface area contributed by atoms with Gasteiger partial charge in [0.05, 0.1) is 5.02 Å². The molecule has 0 aromatic heterocycles. The number of benzene rings is 2. The lowest BCUT2D eigenvalue weighted by Gasteiger charge is -2.06. The van der Waals surface area contributed by atoms with Gasteiger partial charge >= 0.3 is 0 Å². The van der Waals surface area contributed by atoms with Gasteiger partial charge in [-0.05, 0) is 81.0 Å². The van der Waals surface area contributed by atoms with E-state index in [1.807, 2.05) is 12.1 Å². The van der Waals surface area contributed by atoms with Gasteiger partial charge < -0.3 is 5.32 Å². The SMILES string of the molecule is O=C(Nc1ccc(Br)c(Cl)c1)c1ccc(I)cc1. The van der Waals surface area contributed by atoms with Crippen molar-refractivity contribution in [2.75, 3.05) is 5.32 Å². The van der Waals surface area contributed by atoms with Gasteiger partial charge in [-0.2, -0.15) is 0 Å².